The van der Waals surface area contributed by atoms with E-state index in [9.17, 15) is 9.59 Å². The number of aromatic nitrogens is 1. The first kappa shape index (κ1) is 15.0. The summed E-state index contributed by atoms with van der Waals surface area (Å²) in [5.74, 6) is -0.674. The van der Waals surface area contributed by atoms with Crippen LogP contribution in [0.2, 0.25) is 0 Å². The molecule has 0 aliphatic rings. The van der Waals surface area contributed by atoms with Crippen LogP contribution in [0, 0.1) is 11.8 Å². The van der Waals surface area contributed by atoms with E-state index in [1.807, 2.05) is 13.8 Å². The molecule has 106 valence electrons. The number of hydrogen-bond acceptors (Lipinski definition) is 4. The van der Waals surface area contributed by atoms with Crippen molar-refractivity contribution in [3.63, 3.8) is 0 Å². The van der Waals surface area contributed by atoms with Crippen LogP contribution in [0.1, 0.15) is 26.0 Å². The molecule has 0 aromatic carbocycles. The van der Waals surface area contributed by atoms with Gasteiger partial charge in [0.05, 0.1) is 18.7 Å². The summed E-state index contributed by atoms with van der Waals surface area (Å²) in [7, 11) is 0. The molecular formula is C12H19N3O4. The normalized spacial score (nSPS) is 12.2. The molecule has 0 saturated carbocycles. The quantitative estimate of drug-likeness (QED) is 0.690. The standard InChI is InChI=1S/C12H19N3O4/c1-8(2)5-9(11(16)17)6-13-12(18)14-7-10-3-4-15-19-10/h3-4,8-9H,5-7H2,1-2H3,(H,16,17)(H2,13,14,18). The van der Waals surface area contributed by atoms with E-state index in [0.717, 1.165) is 0 Å². The number of carboxylic acid groups (broad SMARTS) is 1. The third kappa shape index (κ3) is 5.89. The first-order valence-corrected chi connectivity index (χ1v) is 6.13. The smallest absolute Gasteiger partial charge is 0.315 e. The number of rotatable bonds is 7. The number of nitrogens with zero attached hydrogens (tertiary/aromatic N) is 1. The summed E-state index contributed by atoms with van der Waals surface area (Å²) in [6, 6.07) is 1.21. The van der Waals surface area contributed by atoms with Crippen molar-refractivity contribution in [2.45, 2.75) is 26.8 Å². The van der Waals surface area contributed by atoms with Crippen molar-refractivity contribution in [3.05, 3.63) is 18.0 Å². The van der Waals surface area contributed by atoms with Gasteiger partial charge in [-0.05, 0) is 12.3 Å². The fraction of sp³-hybridized carbons (Fsp3) is 0.583. The summed E-state index contributed by atoms with van der Waals surface area (Å²) in [5, 5.41) is 17.6. The van der Waals surface area contributed by atoms with E-state index in [2.05, 4.69) is 15.8 Å². The Hall–Kier alpha value is -2.05. The Bertz CT molecular complexity index is 403. The minimum atomic E-state index is -0.899. The summed E-state index contributed by atoms with van der Waals surface area (Å²) in [6.45, 7) is 4.21. The summed E-state index contributed by atoms with van der Waals surface area (Å²) < 4.78 is 4.81. The van der Waals surface area contributed by atoms with Crippen molar-refractivity contribution in [3.8, 4) is 0 Å². The summed E-state index contributed by atoms with van der Waals surface area (Å²) in [5.41, 5.74) is 0. The third-order valence-electron chi connectivity index (χ3n) is 2.53. The molecular weight excluding hydrogens is 250 g/mol. The summed E-state index contributed by atoms with van der Waals surface area (Å²) in [4.78, 5) is 22.5. The minimum Gasteiger partial charge on any atom is -0.481 e. The SMILES string of the molecule is CC(C)CC(CNC(=O)NCc1ccno1)C(=O)O. The van der Waals surface area contributed by atoms with Crippen LogP contribution in [0.3, 0.4) is 0 Å². The second-order valence-electron chi connectivity index (χ2n) is 4.71. The molecule has 0 spiro atoms. The van der Waals surface area contributed by atoms with Crippen LogP contribution in [0.25, 0.3) is 0 Å². The van der Waals surface area contributed by atoms with Gasteiger partial charge in [-0.25, -0.2) is 4.79 Å². The van der Waals surface area contributed by atoms with Crippen molar-refractivity contribution in [2.75, 3.05) is 6.54 Å². The predicted molar refractivity (Wildman–Crippen MR) is 67.3 cm³/mol. The molecule has 1 unspecified atom stereocenters. The Kier molecular flexibility index (Phi) is 5.84. The zero-order valence-electron chi connectivity index (χ0n) is 11.0. The van der Waals surface area contributed by atoms with Gasteiger partial charge in [-0.2, -0.15) is 0 Å². The number of hydrogen-bond donors (Lipinski definition) is 3. The molecule has 0 saturated heterocycles. The number of urea groups is 1. The van der Waals surface area contributed by atoms with Gasteiger partial charge < -0.3 is 20.3 Å². The van der Waals surface area contributed by atoms with Crippen molar-refractivity contribution in [2.24, 2.45) is 11.8 Å². The fourth-order valence-corrected chi connectivity index (χ4v) is 1.62. The molecule has 7 nitrogen and oxygen atoms in total. The van der Waals surface area contributed by atoms with E-state index >= 15 is 0 Å². The lowest BCUT2D eigenvalue weighted by Gasteiger charge is -2.15. The zero-order chi connectivity index (χ0) is 14.3. The van der Waals surface area contributed by atoms with Gasteiger partial charge in [0.25, 0.3) is 0 Å². The first-order valence-electron chi connectivity index (χ1n) is 6.13. The number of carboxylic acids is 1. The predicted octanol–water partition coefficient (Wildman–Crippen LogP) is 1.22. The first-order chi connectivity index (χ1) is 8.99. The highest BCUT2D eigenvalue weighted by Gasteiger charge is 2.19. The number of nitrogens with one attached hydrogen (secondary N) is 2. The lowest BCUT2D eigenvalue weighted by Crippen LogP contribution is -2.39. The molecule has 1 aromatic rings. The van der Waals surface area contributed by atoms with Crippen LogP contribution in [-0.2, 0) is 11.3 Å². The second-order valence-corrected chi connectivity index (χ2v) is 4.71. The van der Waals surface area contributed by atoms with Gasteiger partial charge in [0.15, 0.2) is 5.76 Å². The molecule has 1 aromatic heterocycles. The Morgan fingerprint density at radius 2 is 2.16 bits per heavy atom. The van der Waals surface area contributed by atoms with Crippen LogP contribution in [0.5, 0.6) is 0 Å². The van der Waals surface area contributed by atoms with E-state index < -0.39 is 17.9 Å². The highest BCUT2D eigenvalue weighted by atomic mass is 16.5. The van der Waals surface area contributed by atoms with Crippen LogP contribution in [0.15, 0.2) is 16.8 Å². The molecule has 0 aliphatic carbocycles. The number of carbonyl (C=O) groups is 2. The molecule has 19 heavy (non-hydrogen) atoms. The van der Waals surface area contributed by atoms with Crippen molar-refractivity contribution in [1.82, 2.24) is 15.8 Å². The maximum absolute atomic E-state index is 11.5. The Balaban J connectivity index is 2.29. The minimum absolute atomic E-state index is 0.107. The molecule has 0 aliphatic heterocycles. The van der Waals surface area contributed by atoms with Crippen molar-refractivity contribution < 1.29 is 19.2 Å². The van der Waals surface area contributed by atoms with Gasteiger partial charge in [-0.1, -0.05) is 19.0 Å². The fourth-order valence-electron chi connectivity index (χ4n) is 1.62. The largest absolute Gasteiger partial charge is 0.481 e. The van der Waals surface area contributed by atoms with Gasteiger partial charge in [0.1, 0.15) is 0 Å². The topological polar surface area (TPSA) is 104 Å². The summed E-state index contributed by atoms with van der Waals surface area (Å²) in [6.07, 6.45) is 2.01. The third-order valence-corrected chi connectivity index (χ3v) is 2.53. The molecule has 3 N–H and O–H groups in total. The molecule has 1 rings (SSSR count). The number of aliphatic carboxylic acids is 1. The summed E-state index contributed by atoms with van der Waals surface area (Å²) >= 11 is 0. The van der Waals surface area contributed by atoms with Gasteiger partial charge in [-0.3, -0.25) is 4.79 Å². The van der Waals surface area contributed by atoms with Crippen LogP contribution < -0.4 is 10.6 Å². The van der Waals surface area contributed by atoms with E-state index in [4.69, 9.17) is 9.63 Å². The van der Waals surface area contributed by atoms with Gasteiger partial charge in [0.2, 0.25) is 0 Å². The molecule has 7 heteroatoms. The molecule has 0 bridgehead atoms. The molecule has 1 heterocycles. The van der Waals surface area contributed by atoms with Crippen molar-refractivity contribution in [1.29, 1.82) is 0 Å². The molecule has 1 atom stereocenters. The second kappa shape index (κ2) is 7.40. The van der Waals surface area contributed by atoms with Gasteiger partial charge >= 0.3 is 12.0 Å². The maximum Gasteiger partial charge on any atom is 0.315 e. The highest BCUT2D eigenvalue weighted by Crippen LogP contribution is 2.10. The zero-order valence-corrected chi connectivity index (χ0v) is 11.0. The van der Waals surface area contributed by atoms with E-state index in [-0.39, 0.29) is 19.0 Å². The van der Waals surface area contributed by atoms with E-state index in [0.29, 0.717) is 12.2 Å². The lowest BCUT2D eigenvalue weighted by molar-refractivity contribution is -0.142. The monoisotopic (exact) mass is 269 g/mol. The lowest BCUT2D eigenvalue weighted by atomic mass is 9.97. The average Bonchev–Trinajstić information content (AvgIpc) is 2.84. The number of amides is 2. The molecule has 0 radical (unpaired) electrons. The van der Waals surface area contributed by atoms with Crippen molar-refractivity contribution >= 4 is 12.0 Å². The molecule has 0 fully saturated rings. The van der Waals surface area contributed by atoms with Gasteiger partial charge in [-0.15, -0.1) is 0 Å². The Labute approximate surface area is 111 Å². The Morgan fingerprint density at radius 3 is 2.68 bits per heavy atom. The van der Waals surface area contributed by atoms with Crippen LogP contribution in [0.4, 0.5) is 4.79 Å². The molecule has 2 amide bonds. The maximum atomic E-state index is 11.5. The van der Waals surface area contributed by atoms with Crippen LogP contribution >= 0.6 is 0 Å². The highest BCUT2D eigenvalue weighted by molar-refractivity contribution is 5.75. The Morgan fingerprint density at radius 1 is 1.42 bits per heavy atom. The van der Waals surface area contributed by atoms with E-state index in [1.165, 1.54) is 6.20 Å². The van der Waals surface area contributed by atoms with Gasteiger partial charge in [0, 0.05) is 12.6 Å². The van der Waals surface area contributed by atoms with Crippen LogP contribution in [-0.4, -0.2) is 28.8 Å². The number of carbonyl (C=O) groups excluding carboxylic acids is 1. The average molecular weight is 269 g/mol. The van der Waals surface area contributed by atoms with E-state index in [1.54, 1.807) is 6.07 Å².